The van der Waals surface area contributed by atoms with Crippen molar-refractivity contribution in [2.75, 3.05) is 21.1 Å². The van der Waals surface area contributed by atoms with Gasteiger partial charge < -0.3 is 14.6 Å². The van der Waals surface area contributed by atoms with Crippen molar-refractivity contribution in [1.29, 1.82) is 0 Å². The predicted octanol–water partition coefficient (Wildman–Crippen LogP) is 5.65. The summed E-state index contributed by atoms with van der Waals surface area (Å²) < 4.78 is 4.78. The summed E-state index contributed by atoms with van der Waals surface area (Å²) in [7, 11) is 5.98. The lowest BCUT2D eigenvalue weighted by Gasteiger charge is -2.20. The fourth-order valence-corrected chi connectivity index (χ4v) is 4.62. The molecule has 0 bridgehead atoms. The van der Waals surface area contributed by atoms with Gasteiger partial charge in [-0.15, -0.1) is 11.3 Å². The Bertz CT molecular complexity index is 964. The van der Waals surface area contributed by atoms with Crippen molar-refractivity contribution < 1.29 is 0 Å². The summed E-state index contributed by atoms with van der Waals surface area (Å²) in [5.74, 6) is 0.785. The van der Waals surface area contributed by atoms with Gasteiger partial charge in [0.2, 0.25) is 0 Å². The summed E-state index contributed by atoms with van der Waals surface area (Å²) in [6, 6.07) is 9.14. The van der Waals surface area contributed by atoms with E-state index in [1.54, 1.807) is 29.4 Å². The van der Waals surface area contributed by atoms with Gasteiger partial charge in [0.15, 0.2) is 5.84 Å². The third-order valence-corrected chi connectivity index (χ3v) is 6.31. The maximum absolute atomic E-state index is 4.75. The van der Waals surface area contributed by atoms with E-state index in [0.29, 0.717) is 6.04 Å². The van der Waals surface area contributed by atoms with Crippen LogP contribution in [-0.4, -0.2) is 42.9 Å². The maximum Gasteiger partial charge on any atom is 0.165 e. The van der Waals surface area contributed by atoms with E-state index in [9.17, 15) is 0 Å². The number of hydrogen-bond donors (Lipinski definition) is 1. The fraction of sp³-hybridized carbons (Fsp3) is 0.261. The summed E-state index contributed by atoms with van der Waals surface area (Å²) >= 11 is 3.34. The Morgan fingerprint density at radius 2 is 2.03 bits per heavy atom. The van der Waals surface area contributed by atoms with E-state index in [0.717, 1.165) is 17.0 Å². The highest BCUT2D eigenvalue weighted by atomic mass is 32.2. The topological polar surface area (TPSA) is 30.9 Å². The molecule has 1 aliphatic rings. The lowest BCUT2D eigenvalue weighted by atomic mass is 10.1. The van der Waals surface area contributed by atoms with Crippen LogP contribution in [0, 0.1) is 0 Å². The van der Waals surface area contributed by atoms with Crippen LogP contribution in [0.15, 0.2) is 88.4 Å². The summed E-state index contributed by atoms with van der Waals surface area (Å²) in [6.07, 6.45) is 10.2. The van der Waals surface area contributed by atoms with E-state index >= 15 is 0 Å². The van der Waals surface area contributed by atoms with Crippen LogP contribution in [0.1, 0.15) is 12.8 Å². The smallest absolute Gasteiger partial charge is 0.165 e. The lowest BCUT2D eigenvalue weighted by molar-refractivity contribution is 0.434. The van der Waals surface area contributed by atoms with E-state index < -0.39 is 0 Å². The number of fused-ring (bicyclic) bond motifs is 1. The molecule has 3 rings (SSSR count). The van der Waals surface area contributed by atoms with Crippen molar-refractivity contribution in [2.45, 2.75) is 23.8 Å². The summed E-state index contributed by atoms with van der Waals surface area (Å²) in [5, 5.41) is 9.94. The van der Waals surface area contributed by atoms with Gasteiger partial charge in [0.25, 0.3) is 0 Å². The molecule has 1 fully saturated rings. The maximum atomic E-state index is 4.75. The number of thiophene rings is 1. The van der Waals surface area contributed by atoms with E-state index in [-0.39, 0.29) is 0 Å². The molecule has 1 saturated carbocycles. The second-order valence-corrected chi connectivity index (χ2v) is 8.89. The van der Waals surface area contributed by atoms with Crippen LogP contribution in [0.3, 0.4) is 0 Å². The van der Waals surface area contributed by atoms with Crippen molar-refractivity contribution in [1.82, 2.24) is 14.6 Å². The number of nitrogens with one attached hydrogen (secondary N) is 1. The molecule has 0 atom stereocenters. The van der Waals surface area contributed by atoms with E-state index in [2.05, 4.69) is 65.7 Å². The molecule has 1 N–H and O–H groups in total. The first-order valence-corrected chi connectivity index (χ1v) is 11.3. The molecule has 0 spiro atoms. The molecule has 152 valence electrons. The molecule has 0 saturated heterocycles. The Kier molecular flexibility index (Phi) is 7.23. The molecular weight excluding hydrogens is 396 g/mol. The van der Waals surface area contributed by atoms with Crippen LogP contribution in [0.5, 0.6) is 0 Å². The zero-order chi connectivity index (χ0) is 20.8. The van der Waals surface area contributed by atoms with Crippen molar-refractivity contribution in [3.05, 3.63) is 78.4 Å². The molecule has 0 radical (unpaired) electrons. The molecule has 6 heteroatoms. The van der Waals surface area contributed by atoms with Gasteiger partial charge in [0, 0.05) is 53.9 Å². The molecule has 0 amide bonds. The SMILES string of the molecule is C=C\C=C(C=C)/C(=C\N(C)C1CC1)C(=N\N(C)C)/NSc1cccc2sccc12. The number of benzene rings is 1. The molecule has 2 aromatic rings. The van der Waals surface area contributed by atoms with Crippen LogP contribution in [-0.2, 0) is 0 Å². The zero-order valence-corrected chi connectivity index (χ0v) is 18.9. The Hall–Kier alpha value is -2.44. The number of rotatable bonds is 9. The first-order valence-electron chi connectivity index (χ1n) is 9.58. The molecule has 0 aliphatic heterocycles. The second kappa shape index (κ2) is 9.85. The third kappa shape index (κ3) is 5.55. The van der Waals surface area contributed by atoms with Crippen LogP contribution >= 0.6 is 23.3 Å². The lowest BCUT2D eigenvalue weighted by Crippen LogP contribution is -2.26. The monoisotopic (exact) mass is 424 g/mol. The van der Waals surface area contributed by atoms with Crippen molar-refractivity contribution in [3.63, 3.8) is 0 Å². The third-order valence-electron chi connectivity index (χ3n) is 4.55. The minimum Gasteiger partial charge on any atom is -0.377 e. The van der Waals surface area contributed by atoms with Gasteiger partial charge in [-0.25, -0.2) is 0 Å². The van der Waals surface area contributed by atoms with Gasteiger partial charge in [0.1, 0.15) is 0 Å². The molecule has 1 aromatic carbocycles. The normalized spacial score (nSPS) is 15.3. The standard InChI is InChI=1S/C23H28N4S2/c1-6-9-17(7-2)20(16-27(5)18-12-13-18)23(24-26(3)4)25-29-22-11-8-10-21-19(22)14-15-28-21/h6-11,14-16,18H,1-2,12-13H2,3-5H3,(H,24,25)/b17-9-,20-16+. The summed E-state index contributed by atoms with van der Waals surface area (Å²) in [6.45, 7) is 7.86. The highest BCUT2D eigenvalue weighted by molar-refractivity contribution is 7.98. The van der Waals surface area contributed by atoms with E-state index in [4.69, 9.17) is 5.10 Å². The predicted molar refractivity (Wildman–Crippen MR) is 129 cm³/mol. The number of amidine groups is 1. The number of allylic oxidation sites excluding steroid dienone is 3. The van der Waals surface area contributed by atoms with Crippen molar-refractivity contribution >= 4 is 39.2 Å². The number of hydrogen-bond acceptors (Lipinski definition) is 5. The first kappa shape index (κ1) is 21.3. The van der Waals surface area contributed by atoms with Gasteiger partial charge in [-0.1, -0.05) is 37.5 Å². The first-order chi connectivity index (χ1) is 14.0. The van der Waals surface area contributed by atoms with Crippen LogP contribution in [0.25, 0.3) is 10.1 Å². The minimum atomic E-state index is 0.604. The van der Waals surface area contributed by atoms with Gasteiger partial charge in [-0.05, 0) is 53.9 Å². The molecule has 1 heterocycles. The fourth-order valence-electron chi connectivity index (χ4n) is 2.95. The van der Waals surface area contributed by atoms with Gasteiger partial charge in [-0.2, -0.15) is 5.10 Å². The molecule has 1 aromatic heterocycles. The van der Waals surface area contributed by atoms with Crippen LogP contribution in [0.4, 0.5) is 0 Å². The molecular formula is C23H28N4S2. The quantitative estimate of drug-likeness (QED) is 0.185. The largest absolute Gasteiger partial charge is 0.377 e. The van der Waals surface area contributed by atoms with Gasteiger partial charge in [-0.3, -0.25) is 0 Å². The molecule has 4 nitrogen and oxygen atoms in total. The van der Waals surface area contributed by atoms with E-state index in [1.807, 2.05) is 31.3 Å². The zero-order valence-electron chi connectivity index (χ0n) is 17.3. The number of nitrogens with zero attached hydrogens (tertiary/aromatic N) is 3. The Morgan fingerprint density at radius 3 is 2.69 bits per heavy atom. The van der Waals surface area contributed by atoms with Crippen LogP contribution in [0.2, 0.25) is 0 Å². The Balaban J connectivity index is 1.95. The highest BCUT2D eigenvalue weighted by Crippen LogP contribution is 2.31. The molecule has 1 aliphatic carbocycles. The minimum absolute atomic E-state index is 0.604. The Labute approximate surface area is 182 Å². The van der Waals surface area contributed by atoms with Crippen molar-refractivity contribution in [2.24, 2.45) is 5.10 Å². The highest BCUT2D eigenvalue weighted by Gasteiger charge is 2.25. The van der Waals surface area contributed by atoms with Crippen LogP contribution < -0.4 is 4.72 Å². The summed E-state index contributed by atoms with van der Waals surface area (Å²) in [5.41, 5.74) is 1.97. The van der Waals surface area contributed by atoms with Gasteiger partial charge >= 0.3 is 0 Å². The Morgan fingerprint density at radius 1 is 1.24 bits per heavy atom. The second-order valence-electron chi connectivity index (χ2n) is 7.09. The average molecular weight is 425 g/mol. The average Bonchev–Trinajstić information content (AvgIpc) is 3.44. The summed E-state index contributed by atoms with van der Waals surface area (Å²) in [4.78, 5) is 3.45. The molecule has 0 unspecified atom stereocenters. The van der Waals surface area contributed by atoms with Gasteiger partial charge in [0.05, 0.1) is 0 Å². The molecule has 29 heavy (non-hydrogen) atoms. The van der Waals surface area contributed by atoms with Crippen molar-refractivity contribution in [3.8, 4) is 0 Å². The number of hydrazone groups is 1. The van der Waals surface area contributed by atoms with E-state index in [1.165, 1.54) is 27.8 Å².